The van der Waals surface area contributed by atoms with Crippen molar-refractivity contribution in [2.45, 2.75) is 0 Å². The summed E-state index contributed by atoms with van der Waals surface area (Å²) in [5, 5.41) is 7.27. The molecule has 2 aromatic carbocycles. The van der Waals surface area contributed by atoms with Gasteiger partial charge in [-0.2, -0.15) is 5.10 Å². The zero-order valence-electron chi connectivity index (χ0n) is 18.6. The molecule has 10 heteroatoms. The van der Waals surface area contributed by atoms with E-state index < -0.39 is 11.8 Å². The minimum absolute atomic E-state index is 0.0293. The van der Waals surface area contributed by atoms with Crippen LogP contribution in [-0.2, 0) is 0 Å². The fourth-order valence-electron chi connectivity index (χ4n) is 3.35. The predicted molar refractivity (Wildman–Crippen MR) is 136 cm³/mol. The third kappa shape index (κ3) is 4.85. The number of ether oxygens (including phenoxy) is 1. The number of pyridine rings is 1. The summed E-state index contributed by atoms with van der Waals surface area (Å²) in [5.41, 5.74) is 1.91. The molecule has 9 nitrogen and oxygen atoms in total. The minimum Gasteiger partial charge on any atom is -0.494 e. The molecule has 35 heavy (non-hydrogen) atoms. The van der Waals surface area contributed by atoms with Crippen molar-refractivity contribution in [1.29, 1.82) is 0 Å². The van der Waals surface area contributed by atoms with Crippen LogP contribution in [0.2, 0.25) is 5.02 Å². The van der Waals surface area contributed by atoms with Crippen molar-refractivity contribution in [3.8, 4) is 22.7 Å². The van der Waals surface area contributed by atoms with Gasteiger partial charge in [-0.1, -0.05) is 35.9 Å². The Hall–Kier alpha value is -4.63. The van der Waals surface area contributed by atoms with E-state index in [1.54, 1.807) is 42.5 Å². The number of nitrogens with one attached hydrogen (secondary N) is 1. The molecule has 0 saturated heterocycles. The topological polar surface area (TPSA) is 111 Å². The average molecular weight is 487 g/mol. The normalized spacial score (nSPS) is 10.5. The molecule has 4 aromatic rings. The molecule has 0 bridgehead atoms. The summed E-state index contributed by atoms with van der Waals surface area (Å²) < 4.78 is 6.84. The van der Waals surface area contributed by atoms with Gasteiger partial charge in [-0.25, -0.2) is 19.7 Å². The first-order chi connectivity index (χ1) is 16.9. The molecule has 0 atom stereocenters. The molecule has 174 valence electrons. The van der Waals surface area contributed by atoms with E-state index in [1.807, 2.05) is 18.2 Å². The standard InChI is InChI=1S/C25H19ClN6O3/c1-27-21-12-11-20(35-3)23(29-21)15-9-10-18(26)17(13-15)24(33)30-22-14-19(25(34)28-2)31-32(22)16-7-5-4-6-8-16/h4-14H,1-2H2,3H3,(H,30,33). The van der Waals surface area contributed by atoms with Gasteiger partial charge in [0.15, 0.2) is 11.5 Å². The van der Waals surface area contributed by atoms with Crippen molar-refractivity contribution in [3.63, 3.8) is 0 Å². The van der Waals surface area contributed by atoms with Gasteiger partial charge in [0.2, 0.25) is 0 Å². The Labute approximate surface area is 205 Å². The number of carbonyl (C=O) groups excluding carboxylic acids is 2. The number of methoxy groups -OCH3 is 1. The van der Waals surface area contributed by atoms with Gasteiger partial charge in [0, 0.05) is 11.6 Å². The molecule has 0 radical (unpaired) electrons. The number of anilines is 1. The number of hydrogen-bond donors (Lipinski definition) is 1. The summed E-state index contributed by atoms with van der Waals surface area (Å²) in [6.45, 7) is 6.75. The first-order valence-electron chi connectivity index (χ1n) is 10.2. The Kier molecular flexibility index (Phi) is 6.79. The van der Waals surface area contributed by atoms with Crippen LogP contribution in [0.4, 0.5) is 11.6 Å². The zero-order valence-corrected chi connectivity index (χ0v) is 19.4. The van der Waals surface area contributed by atoms with E-state index in [2.05, 4.69) is 38.8 Å². The van der Waals surface area contributed by atoms with E-state index in [9.17, 15) is 9.59 Å². The summed E-state index contributed by atoms with van der Waals surface area (Å²) in [7, 11) is 1.52. The Morgan fingerprint density at radius 3 is 2.51 bits per heavy atom. The lowest BCUT2D eigenvalue weighted by Crippen LogP contribution is -2.15. The third-order valence-electron chi connectivity index (χ3n) is 5.02. The van der Waals surface area contributed by atoms with E-state index >= 15 is 0 Å². The molecule has 2 amide bonds. The monoisotopic (exact) mass is 486 g/mol. The number of benzene rings is 2. The molecule has 0 saturated carbocycles. The van der Waals surface area contributed by atoms with Gasteiger partial charge in [-0.15, -0.1) is 0 Å². The fourth-order valence-corrected chi connectivity index (χ4v) is 3.55. The summed E-state index contributed by atoms with van der Waals surface area (Å²) >= 11 is 6.37. The second-order valence-corrected chi connectivity index (χ2v) is 7.56. The number of halogens is 1. The maximum Gasteiger partial charge on any atom is 0.296 e. The first-order valence-corrected chi connectivity index (χ1v) is 10.6. The lowest BCUT2D eigenvalue weighted by atomic mass is 10.1. The minimum atomic E-state index is -0.621. The van der Waals surface area contributed by atoms with E-state index in [-0.39, 0.29) is 22.1 Å². The Bertz CT molecular complexity index is 1450. The SMILES string of the molecule is C=NC(=O)c1cc(NC(=O)c2cc(-c3nc(N=C)ccc3OC)ccc2Cl)n(-c2ccccc2)n1. The largest absolute Gasteiger partial charge is 0.494 e. The lowest BCUT2D eigenvalue weighted by molar-refractivity contribution is 0.0996. The molecule has 0 aliphatic heterocycles. The lowest BCUT2D eigenvalue weighted by Gasteiger charge is -2.12. The van der Waals surface area contributed by atoms with E-state index in [4.69, 9.17) is 16.3 Å². The van der Waals surface area contributed by atoms with Crippen LogP contribution < -0.4 is 10.1 Å². The molecular formula is C25H19ClN6O3. The van der Waals surface area contributed by atoms with Crippen LogP contribution in [0.3, 0.4) is 0 Å². The Morgan fingerprint density at radius 1 is 1.06 bits per heavy atom. The van der Waals surface area contributed by atoms with Gasteiger partial charge < -0.3 is 10.1 Å². The van der Waals surface area contributed by atoms with E-state index in [1.165, 1.54) is 17.9 Å². The van der Waals surface area contributed by atoms with Crippen LogP contribution >= 0.6 is 11.6 Å². The molecule has 2 heterocycles. The van der Waals surface area contributed by atoms with Crippen molar-refractivity contribution >= 4 is 48.5 Å². The third-order valence-corrected chi connectivity index (χ3v) is 5.35. The molecule has 2 aromatic heterocycles. The number of aromatic nitrogens is 3. The Balaban J connectivity index is 1.74. The van der Waals surface area contributed by atoms with Crippen LogP contribution in [-0.4, -0.2) is 47.1 Å². The van der Waals surface area contributed by atoms with Crippen molar-refractivity contribution < 1.29 is 14.3 Å². The van der Waals surface area contributed by atoms with Crippen molar-refractivity contribution in [2.24, 2.45) is 9.98 Å². The highest BCUT2D eigenvalue weighted by Gasteiger charge is 2.20. The number of nitrogens with zero attached hydrogens (tertiary/aromatic N) is 5. The highest BCUT2D eigenvalue weighted by molar-refractivity contribution is 6.34. The number of carbonyl (C=O) groups is 2. The second kappa shape index (κ2) is 10.1. The molecule has 0 fully saturated rings. The number of amides is 2. The number of hydrogen-bond acceptors (Lipinski definition) is 6. The van der Waals surface area contributed by atoms with Gasteiger partial charge in [-0.3, -0.25) is 9.59 Å². The fraction of sp³-hybridized carbons (Fsp3) is 0.0400. The highest BCUT2D eigenvalue weighted by Crippen LogP contribution is 2.33. The van der Waals surface area contributed by atoms with Crippen LogP contribution in [0.15, 0.2) is 76.7 Å². The smallest absolute Gasteiger partial charge is 0.296 e. The maximum atomic E-state index is 13.3. The van der Waals surface area contributed by atoms with Crippen LogP contribution in [0, 0.1) is 0 Å². The molecule has 0 aliphatic carbocycles. The van der Waals surface area contributed by atoms with Gasteiger partial charge >= 0.3 is 0 Å². The van der Waals surface area contributed by atoms with E-state index in [0.717, 1.165) is 0 Å². The number of para-hydroxylation sites is 1. The molecular weight excluding hydrogens is 468 g/mol. The van der Waals surface area contributed by atoms with Crippen molar-refractivity contribution in [2.75, 3.05) is 12.4 Å². The van der Waals surface area contributed by atoms with Crippen molar-refractivity contribution in [3.05, 3.63) is 83.0 Å². The molecule has 4 rings (SSSR count). The van der Waals surface area contributed by atoms with Crippen LogP contribution in [0.25, 0.3) is 16.9 Å². The van der Waals surface area contributed by atoms with Crippen molar-refractivity contribution in [1.82, 2.24) is 14.8 Å². The first kappa shape index (κ1) is 23.5. The molecule has 0 unspecified atom stereocenters. The zero-order chi connectivity index (χ0) is 24.9. The maximum absolute atomic E-state index is 13.3. The van der Waals surface area contributed by atoms with Gasteiger partial charge in [-0.05, 0) is 49.8 Å². The highest BCUT2D eigenvalue weighted by atomic mass is 35.5. The summed E-state index contributed by atoms with van der Waals surface area (Å²) in [6.07, 6.45) is 0. The van der Waals surface area contributed by atoms with E-state index in [0.29, 0.717) is 28.5 Å². The van der Waals surface area contributed by atoms with Crippen LogP contribution in [0.5, 0.6) is 5.75 Å². The van der Waals surface area contributed by atoms with Gasteiger partial charge in [0.25, 0.3) is 11.8 Å². The summed E-state index contributed by atoms with van der Waals surface area (Å²) in [4.78, 5) is 37.0. The average Bonchev–Trinajstić information content (AvgIpc) is 3.32. The number of aliphatic imine (C=N–C) groups is 2. The van der Waals surface area contributed by atoms with Crippen LogP contribution in [0.1, 0.15) is 20.8 Å². The predicted octanol–water partition coefficient (Wildman–Crippen LogP) is 5.02. The molecule has 0 aliphatic rings. The number of rotatable bonds is 7. The molecule has 0 spiro atoms. The quantitative estimate of drug-likeness (QED) is 0.369. The second-order valence-electron chi connectivity index (χ2n) is 7.15. The summed E-state index contributed by atoms with van der Waals surface area (Å²) in [6, 6.07) is 18.7. The Morgan fingerprint density at radius 2 is 1.83 bits per heavy atom. The van der Waals surface area contributed by atoms with Gasteiger partial charge in [0.1, 0.15) is 17.3 Å². The molecule has 1 N–H and O–H groups in total. The summed E-state index contributed by atoms with van der Waals surface area (Å²) in [5.74, 6) is 0.0126. The van der Waals surface area contributed by atoms with Gasteiger partial charge in [0.05, 0.1) is 23.4 Å².